The van der Waals surface area contributed by atoms with Crippen molar-refractivity contribution in [3.63, 3.8) is 0 Å². The Morgan fingerprint density at radius 3 is 2.74 bits per heavy atom. The second-order valence-electron chi connectivity index (χ2n) is 4.52. The Morgan fingerprint density at radius 1 is 1.47 bits per heavy atom. The summed E-state index contributed by atoms with van der Waals surface area (Å²) in [4.78, 5) is 11.0. The molecule has 1 amide bonds. The minimum Gasteiger partial charge on any atom is -0.480 e. The third kappa shape index (κ3) is 4.52. The SMILES string of the molecule is CCCNC(C)c1ccc(F)cc1OC(C)C(N)=O. The van der Waals surface area contributed by atoms with Gasteiger partial charge in [-0.1, -0.05) is 13.0 Å². The molecule has 106 valence electrons. The first-order valence-corrected chi connectivity index (χ1v) is 6.44. The van der Waals surface area contributed by atoms with E-state index in [1.54, 1.807) is 13.0 Å². The first-order chi connectivity index (χ1) is 8.95. The zero-order chi connectivity index (χ0) is 14.4. The summed E-state index contributed by atoms with van der Waals surface area (Å²) in [6.45, 7) is 6.42. The monoisotopic (exact) mass is 268 g/mol. The number of rotatable bonds is 7. The first kappa shape index (κ1) is 15.4. The third-order valence-electron chi connectivity index (χ3n) is 2.85. The fourth-order valence-electron chi connectivity index (χ4n) is 1.69. The Kier molecular flexibility index (Phi) is 5.76. The van der Waals surface area contributed by atoms with Crippen molar-refractivity contribution in [3.8, 4) is 5.75 Å². The molecule has 0 bridgehead atoms. The lowest BCUT2D eigenvalue weighted by Crippen LogP contribution is -2.31. The highest BCUT2D eigenvalue weighted by Crippen LogP contribution is 2.27. The molecule has 3 N–H and O–H groups in total. The van der Waals surface area contributed by atoms with E-state index in [2.05, 4.69) is 12.2 Å². The molecule has 0 aliphatic carbocycles. The lowest BCUT2D eigenvalue weighted by atomic mass is 10.1. The van der Waals surface area contributed by atoms with Gasteiger partial charge in [0.2, 0.25) is 0 Å². The molecule has 1 aromatic rings. The van der Waals surface area contributed by atoms with Gasteiger partial charge in [-0.2, -0.15) is 0 Å². The normalized spacial score (nSPS) is 13.9. The largest absolute Gasteiger partial charge is 0.480 e. The van der Waals surface area contributed by atoms with Gasteiger partial charge in [0.25, 0.3) is 5.91 Å². The summed E-state index contributed by atoms with van der Waals surface area (Å²) in [5.74, 6) is -0.634. The van der Waals surface area contributed by atoms with E-state index in [1.807, 2.05) is 6.92 Å². The van der Waals surface area contributed by atoms with Crippen molar-refractivity contribution in [2.75, 3.05) is 6.54 Å². The number of amides is 1. The standard InChI is InChI=1S/C14H21FN2O2/c1-4-7-17-9(2)12-6-5-11(15)8-13(12)19-10(3)14(16)18/h5-6,8-10,17H,4,7H2,1-3H3,(H2,16,18). The molecule has 1 aromatic carbocycles. The maximum atomic E-state index is 13.3. The van der Waals surface area contributed by atoms with Crippen LogP contribution in [0.25, 0.3) is 0 Å². The number of halogens is 1. The number of hydrogen-bond donors (Lipinski definition) is 2. The average molecular weight is 268 g/mol. The molecule has 0 saturated carbocycles. The Balaban J connectivity index is 2.93. The predicted octanol–water partition coefficient (Wildman–Crippen LogP) is 2.14. The third-order valence-corrected chi connectivity index (χ3v) is 2.85. The van der Waals surface area contributed by atoms with Crippen LogP contribution in [0.4, 0.5) is 4.39 Å². The lowest BCUT2D eigenvalue weighted by Gasteiger charge is -2.20. The molecule has 2 atom stereocenters. The first-order valence-electron chi connectivity index (χ1n) is 6.44. The van der Waals surface area contributed by atoms with Gasteiger partial charge in [0.15, 0.2) is 6.10 Å². The molecule has 0 heterocycles. The molecule has 0 aromatic heterocycles. The minimum absolute atomic E-state index is 0.00984. The molecule has 19 heavy (non-hydrogen) atoms. The maximum Gasteiger partial charge on any atom is 0.258 e. The summed E-state index contributed by atoms with van der Waals surface area (Å²) >= 11 is 0. The van der Waals surface area contributed by atoms with Crippen molar-refractivity contribution in [3.05, 3.63) is 29.6 Å². The Labute approximate surface area is 113 Å². The highest BCUT2D eigenvalue weighted by molar-refractivity contribution is 5.78. The number of carbonyl (C=O) groups is 1. The molecule has 1 rings (SSSR count). The number of nitrogens with two attached hydrogens (primary N) is 1. The van der Waals surface area contributed by atoms with E-state index in [0.717, 1.165) is 18.5 Å². The van der Waals surface area contributed by atoms with Crippen LogP contribution in [0.3, 0.4) is 0 Å². The van der Waals surface area contributed by atoms with Crippen molar-refractivity contribution in [1.29, 1.82) is 0 Å². The van der Waals surface area contributed by atoms with Crippen LogP contribution in [-0.4, -0.2) is 18.6 Å². The quantitative estimate of drug-likeness (QED) is 0.796. The van der Waals surface area contributed by atoms with Crippen LogP contribution < -0.4 is 15.8 Å². The second kappa shape index (κ2) is 7.09. The number of ether oxygens (including phenoxy) is 1. The highest BCUT2D eigenvalue weighted by atomic mass is 19.1. The topological polar surface area (TPSA) is 64.3 Å². The van der Waals surface area contributed by atoms with Gasteiger partial charge in [0, 0.05) is 17.7 Å². The van der Waals surface area contributed by atoms with Gasteiger partial charge in [-0.25, -0.2) is 4.39 Å². The average Bonchev–Trinajstić information content (AvgIpc) is 2.36. The molecule has 5 heteroatoms. The summed E-state index contributed by atoms with van der Waals surface area (Å²) in [5, 5.41) is 3.29. The van der Waals surface area contributed by atoms with E-state index < -0.39 is 17.8 Å². The summed E-state index contributed by atoms with van der Waals surface area (Å²) in [5.41, 5.74) is 5.96. The van der Waals surface area contributed by atoms with E-state index in [9.17, 15) is 9.18 Å². The minimum atomic E-state index is -0.793. The van der Waals surface area contributed by atoms with Gasteiger partial charge in [0.1, 0.15) is 11.6 Å². The van der Waals surface area contributed by atoms with E-state index in [4.69, 9.17) is 10.5 Å². The fourth-order valence-corrected chi connectivity index (χ4v) is 1.69. The van der Waals surface area contributed by atoms with Crippen LogP contribution in [-0.2, 0) is 4.79 Å². The molecule has 0 aliphatic rings. The Morgan fingerprint density at radius 2 is 2.16 bits per heavy atom. The number of primary amides is 1. The van der Waals surface area contributed by atoms with Gasteiger partial charge in [0.05, 0.1) is 0 Å². The van der Waals surface area contributed by atoms with Crippen LogP contribution in [0.1, 0.15) is 38.8 Å². The maximum absolute atomic E-state index is 13.3. The molecule has 0 spiro atoms. The number of carbonyl (C=O) groups excluding carboxylic acids is 1. The van der Waals surface area contributed by atoms with Crippen molar-refractivity contribution in [1.82, 2.24) is 5.32 Å². The van der Waals surface area contributed by atoms with Crippen LogP contribution >= 0.6 is 0 Å². The van der Waals surface area contributed by atoms with E-state index in [1.165, 1.54) is 12.1 Å². The molecule has 0 saturated heterocycles. The Bertz CT molecular complexity index is 437. The fraction of sp³-hybridized carbons (Fsp3) is 0.500. The lowest BCUT2D eigenvalue weighted by molar-refractivity contribution is -0.124. The van der Waals surface area contributed by atoms with Gasteiger partial charge >= 0.3 is 0 Å². The van der Waals surface area contributed by atoms with Crippen LogP contribution in [0, 0.1) is 5.82 Å². The predicted molar refractivity (Wildman–Crippen MR) is 72.4 cm³/mol. The van der Waals surface area contributed by atoms with Gasteiger partial charge in [-0.3, -0.25) is 4.79 Å². The van der Waals surface area contributed by atoms with E-state index in [-0.39, 0.29) is 6.04 Å². The molecule has 0 radical (unpaired) electrons. The molecule has 4 nitrogen and oxygen atoms in total. The van der Waals surface area contributed by atoms with Crippen molar-refractivity contribution >= 4 is 5.91 Å². The number of hydrogen-bond acceptors (Lipinski definition) is 3. The summed E-state index contributed by atoms with van der Waals surface area (Å²) in [6, 6.07) is 4.32. The molecule has 0 fully saturated rings. The van der Waals surface area contributed by atoms with Crippen LogP contribution in [0.2, 0.25) is 0 Å². The molecule has 0 aliphatic heterocycles. The molecule has 2 unspecified atom stereocenters. The summed E-state index contributed by atoms with van der Waals surface area (Å²) < 4.78 is 18.7. The highest BCUT2D eigenvalue weighted by Gasteiger charge is 2.17. The van der Waals surface area contributed by atoms with Crippen molar-refractivity contribution in [2.24, 2.45) is 5.73 Å². The smallest absolute Gasteiger partial charge is 0.258 e. The van der Waals surface area contributed by atoms with E-state index in [0.29, 0.717) is 5.75 Å². The van der Waals surface area contributed by atoms with Gasteiger partial charge in [-0.15, -0.1) is 0 Å². The van der Waals surface area contributed by atoms with Crippen LogP contribution in [0.5, 0.6) is 5.75 Å². The summed E-state index contributed by atoms with van der Waals surface area (Å²) in [7, 11) is 0. The van der Waals surface area contributed by atoms with Gasteiger partial charge in [-0.05, 0) is 32.9 Å². The summed E-state index contributed by atoms with van der Waals surface area (Å²) in [6.07, 6.45) is 0.207. The Hall–Kier alpha value is -1.62. The number of nitrogens with one attached hydrogen (secondary N) is 1. The van der Waals surface area contributed by atoms with Crippen LogP contribution in [0.15, 0.2) is 18.2 Å². The van der Waals surface area contributed by atoms with Crippen molar-refractivity contribution < 1.29 is 13.9 Å². The number of benzene rings is 1. The van der Waals surface area contributed by atoms with E-state index >= 15 is 0 Å². The van der Waals surface area contributed by atoms with Crippen molar-refractivity contribution in [2.45, 2.75) is 39.3 Å². The molecular weight excluding hydrogens is 247 g/mol. The zero-order valence-electron chi connectivity index (χ0n) is 11.6. The second-order valence-corrected chi connectivity index (χ2v) is 4.52. The van der Waals surface area contributed by atoms with Gasteiger partial charge < -0.3 is 15.8 Å². The molecular formula is C14H21FN2O2. The zero-order valence-corrected chi connectivity index (χ0v) is 11.6.